The minimum Gasteiger partial charge on any atom is -0.465 e. The third-order valence-electron chi connectivity index (χ3n) is 2.06. The quantitative estimate of drug-likeness (QED) is 0.508. The van der Waals surface area contributed by atoms with Crippen LogP contribution in [-0.2, 0) is 19.1 Å². The number of hydrogen-bond donors (Lipinski definition) is 1. The second-order valence-corrected chi connectivity index (χ2v) is 3.17. The molecule has 0 saturated carbocycles. The van der Waals surface area contributed by atoms with Crippen LogP contribution in [0.1, 0.15) is 6.92 Å². The lowest BCUT2D eigenvalue weighted by atomic mass is 10.2. The van der Waals surface area contributed by atoms with Crippen LogP contribution in [0, 0.1) is 0 Å². The van der Waals surface area contributed by atoms with Gasteiger partial charge in [-0.05, 0) is 6.92 Å². The molecule has 1 heterocycles. The number of carboxylic acid groups (broad SMARTS) is 1. The Morgan fingerprint density at radius 1 is 1.62 bits per heavy atom. The van der Waals surface area contributed by atoms with Gasteiger partial charge in [-0.25, -0.2) is 9.59 Å². The van der Waals surface area contributed by atoms with E-state index in [1.54, 1.807) is 6.92 Å². The summed E-state index contributed by atoms with van der Waals surface area (Å²) in [6.07, 6.45) is -2.51. The van der Waals surface area contributed by atoms with Gasteiger partial charge in [0.05, 0.1) is 19.8 Å². The SMILES string of the molecule is CCOC(=O)C1OCCN(C(=O)O)CC1=O. The number of carbonyl (C=O) groups excluding carboxylic acids is 2. The Hall–Kier alpha value is -1.63. The second kappa shape index (κ2) is 5.45. The summed E-state index contributed by atoms with van der Waals surface area (Å²) >= 11 is 0. The van der Waals surface area contributed by atoms with E-state index in [1.165, 1.54) is 0 Å². The van der Waals surface area contributed by atoms with Gasteiger partial charge in [-0.1, -0.05) is 0 Å². The lowest BCUT2D eigenvalue weighted by molar-refractivity contribution is -0.160. The molecular weight excluding hydrogens is 218 g/mol. The molecule has 1 unspecified atom stereocenters. The monoisotopic (exact) mass is 231 g/mol. The van der Waals surface area contributed by atoms with Crippen molar-refractivity contribution in [3.05, 3.63) is 0 Å². The van der Waals surface area contributed by atoms with Gasteiger partial charge in [0.2, 0.25) is 6.10 Å². The largest absolute Gasteiger partial charge is 0.465 e. The van der Waals surface area contributed by atoms with Gasteiger partial charge in [0, 0.05) is 6.54 Å². The van der Waals surface area contributed by atoms with Crippen molar-refractivity contribution in [1.29, 1.82) is 0 Å². The molecule has 1 atom stereocenters. The Kier molecular flexibility index (Phi) is 4.24. The number of hydrogen-bond acceptors (Lipinski definition) is 5. The van der Waals surface area contributed by atoms with Crippen LogP contribution in [0.5, 0.6) is 0 Å². The van der Waals surface area contributed by atoms with Gasteiger partial charge >= 0.3 is 12.1 Å². The number of rotatable bonds is 2. The first-order valence-electron chi connectivity index (χ1n) is 4.85. The summed E-state index contributed by atoms with van der Waals surface area (Å²) in [6, 6.07) is 0. The van der Waals surface area contributed by atoms with Crippen LogP contribution < -0.4 is 0 Å². The molecule has 1 N–H and O–H groups in total. The molecule has 7 nitrogen and oxygen atoms in total. The van der Waals surface area contributed by atoms with E-state index in [4.69, 9.17) is 9.84 Å². The zero-order valence-electron chi connectivity index (χ0n) is 8.84. The number of esters is 1. The molecule has 7 heteroatoms. The molecule has 1 aliphatic rings. The van der Waals surface area contributed by atoms with Crippen molar-refractivity contribution in [1.82, 2.24) is 4.90 Å². The first kappa shape index (κ1) is 12.4. The second-order valence-electron chi connectivity index (χ2n) is 3.17. The Balaban J connectivity index is 2.66. The zero-order valence-corrected chi connectivity index (χ0v) is 8.84. The molecule has 0 aromatic heterocycles. The van der Waals surface area contributed by atoms with Gasteiger partial charge < -0.3 is 14.6 Å². The van der Waals surface area contributed by atoms with E-state index < -0.39 is 23.9 Å². The molecule has 0 aromatic rings. The minimum atomic E-state index is -1.30. The maximum Gasteiger partial charge on any atom is 0.407 e. The summed E-state index contributed by atoms with van der Waals surface area (Å²) in [5.41, 5.74) is 0. The standard InChI is InChI=1S/C9H13NO6/c1-2-15-8(12)7-6(11)5-10(9(13)14)3-4-16-7/h7H,2-5H2,1H3,(H,13,14). The van der Waals surface area contributed by atoms with Crippen LogP contribution in [0.4, 0.5) is 4.79 Å². The normalized spacial score (nSPS) is 21.4. The molecule has 1 rings (SSSR count). The highest BCUT2D eigenvalue weighted by Crippen LogP contribution is 2.06. The first-order valence-corrected chi connectivity index (χ1v) is 4.85. The summed E-state index contributed by atoms with van der Waals surface area (Å²) in [4.78, 5) is 34.4. The van der Waals surface area contributed by atoms with Crippen LogP contribution >= 0.6 is 0 Å². The van der Waals surface area contributed by atoms with Gasteiger partial charge in [-0.2, -0.15) is 0 Å². The lowest BCUT2D eigenvalue weighted by Gasteiger charge is -2.13. The van der Waals surface area contributed by atoms with Crippen molar-refractivity contribution in [2.24, 2.45) is 0 Å². The molecule has 0 aliphatic carbocycles. The molecule has 0 spiro atoms. The van der Waals surface area contributed by atoms with Crippen molar-refractivity contribution in [2.75, 3.05) is 26.3 Å². The average Bonchev–Trinajstić information content (AvgIpc) is 2.40. The van der Waals surface area contributed by atoms with Crippen molar-refractivity contribution >= 4 is 17.8 Å². The fraction of sp³-hybridized carbons (Fsp3) is 0.667. The lowest BCUT2D eigenvalue weighted by Crippen LogP contribution is -2.39. The van der Waals surface area contributed by atoms with E-state index in [0.717, 1.165) is 4.90 Å². The number of Topliss-reactive ketones (excluding diaryl/α,β-unsaturated/α-hetero) is 1. The number of nitrogens with zero attached hydrogens (tertiary/aromatic N) is 1. The van der Waals surface area contributed by atoms with Crippen LogP contribution in [0.2, 0.25) is 0 Å². The van der Waals surface area contributed by atoms with Gasteiger partial charge in [0.1, 0.15) is 0 Å². The predicted molar refractivity (Wildman–Crippen MR) is 51.0 cm³/mol. The number of ether oxygens (including phenoxy) is 2. The van der Waals surface area contributed by atoms with E-state index in [-0.39, 0.29) is 26.3 Å². The third kappa shape index (κ3) is 2.93. The summed E-state index contributed by atoms with van der Waals surface area (Å²) in [5.74, 6) is -1.36. The molecule has 1 amide bonds. The van der Waals surface area contributed by atoms with Gasteiger partial charge in [0.25, 0.3) is 0 Å². The van der Waals surface area contributed by atoms with E-state index in [2.05, 4.69) is 4.74 Å². The van der Waals surface area contributed by atoms with Gasteiger partial charge in [0.15, 0.2) is 5.78 Å². The van der Waals surface area contributed by atoms with Crippen LogP contribution in [0.15, 0.2) is 0 Å². The van der Waals surface area contributed by atoms with Crippen LogP contribution in [0.3, 0.4) is 0 Å². The predicted octanol–water partition coefficient (Wildman–Crippen LogP) is -0.503. The molecule has 0 radical (unpaired) electrons. The average molecular weight is 231 g/mol. The highest BCUT2D eigenvalue weighted by Gasteiger charge is 2.33. The van der Waals surface area contributed by atoms with E-state index in [1.807, 2.05) is 0 Å². The van der Waals surface area contributed by atoms with Crippen molar-refractivity contribution < 1.29 is 29.0 Å². The number of carbonyl (C=O) groups is 3. The van der Waals surface area contributed by atoms with E-state index in [9.17, 15) is 14.4 Å². The maximum atomic E-state index is 11.5. The number of ketones is 1. The Bertz CT molecular complexity index is 302. The Morgan fingerprint density at radius 2 is 2.31 bits per heavy atom. The fourth-order valence-corrected chi connectivity index (χ4v) is 1.30. The topological polar surface area (TPSA) is 93.1 Å². The Labute approximate surface area is 91.9 Å². The summed E-state index contributed by atoms with van der Waals surface area (Å²) < 4.78 is 9.63. The van der Waals surface area contributed by atoms with Gasteiger partial charge in [-0.15, -0.1) is 0 Å². The minimum absolute atomic E-state index is 0.00151. The van der Waals surface area contributed by atoms with Gasteiger partial charge in [-0.3, -0.25) is 9.69 Å². The smallest absolute Gasteiger partial charge is 0.407 e. The molecule has 90 valence electrons. The molecule has 0 bridgehead atoms. The molecule has 1 saturated heterocycles. The fourth-order valence-electron chi connectivity index (χ4n) is 1.30. The molecule has 16 heavy (non-hydrogen) atoms. The maximum absolute atomic E-state index is 11.5. The summed E-state index contributed by atoms with van der Waals surface area (Å²) in [7, 11) is 0. The van der Waals surface area contributed by atoms with Crippen molar-refractivity contribution in [3.63, 3.8) is 0 Å². The summed E-state index contributed by atoms with van der Waals surface area (Å²) in [6.45, 7) is 1.48. The zero-order chi connectivity index (χ0) is 12.1. The van der Waals surface area contributed by atoms with Crippen LogP contribution in [-0.4, -0.2) is 60.3 Å². The molecular formula is C9H13NO6. The third-order valence-corrected chi connectivity index (χ3v) is 2.06. The van der Waals surface area contributed by atoms with E-state index >= 15 is 0 Å². The summed E-state index contributed by atoms with van der Waals surface area (Å²) in [5, 5.41) is 8.71. The van der Waals surface area contributed by atoms with E-state index in [0.29, 0.717) is 0 Å². The molecule has 1 aliphatic heterocycles. The van der Waals surface area contributed by atoms with Crippen molar-refractivity contribution in [3.8, 4) is 0 Å². The molecule has 0 aromatic carbocycles. The first-order chi connectivity index (χ1) is 7.56. The highest BCUT2D eigenvalue weighted by molar-refractivity contribution is 6.03. The number of amides is 1. The highest BCUT2D eigenvalue weighted by atomic mass is 16.6. The Morgan fingerprint density at radius 3 is 2.88 bits per heavy atom. The van der Waals surface area contributed by atoms with Crippen LogP contribution in [0.25, 0.3) is 0 Å². The molecule has 1 fully saturated rings. The van der Waals surface area contributed by atoms with Crippen molar-refractivity contribution in [2.45, 2.75) is 13.0 Å².